The largest absolute Gasteiger partial charge is 0.444 e. The molecule has 1 heterocycles. The molecule has 5 heteroatoms. The average Bonchev–Trinajstić information content (AvgIpc) is 2.65. The Labute approximate surface area is 110 Å². The molecular weight excluding hydrogens is 252 g/mol. The first-order chi connectivity index (χ1) is 8.68. The lowest BCUT2D eigenvalue weighted by Crippen LogP contribution is -2.29. The first-order valence-corrected chi connectivity index (χ1v) is 6.17. The SMILES string of the molecule is CC(=O)NCCNCc1c(Cl)oc2ccccc12. The van der Waals surface area contributed by atoms with Crippen LogP contribution in [0.4, 0.5) is 0 Å². The highest BCUT2D eigenvalue weighted by Gasteiger charge is 2.10. The Hall–Kier alpha value is -1.52. The van der Waals surface area contributed by atoms with Gasteiger partial charge in [-0.3, -0.25) is 4.79 Å². The number of benzene rings is 1. The van der Waals surface area contributed by atoms with Crippen LogP contribution in [0.3, 0.4) is 0 Å². The van der Waals surface area contributed by atoms with Crippen LogP contribution in [0.2, 0.25) is 5.22 Å². The molecule has 0 spiro atoms. The molecule has 96 valence electrons. The number of rotatable bonds is 5. The minimum Gasteiger partial charge on any atom is -0.444 e. The molecule has 0 unspecified atom stereocenters. The minimum absolute atomic E-state index is 0.0245. The van der Waals surface area contributed by atoms with Crippen molar-refractivity contribution in [2.24, 2.45) is 0 Å². The molecule has 0 aliphatic heterocycles. The van der Waals surface area contributed by atoms with E-state index < -0.39 is 0 Å². The van der Waals surface area contributed by atoms with Gasteiger partial charge in [0.2, 0.25) is 5.91 Å². The monoisotopic (exact) mass is 266 g/mol. The lowest BCUT2D eigenvalue weighted by Gasteiger charge is -2.04. The third kappa shape index (κ3) is 3.03. The second-order valence-electron chi connectivity index (χ2n) is 4.01. The number of hydrogen-bond donors (Lipinski definition) is 2. The van der Waals surface area contributed by atoms with Crippen molar-refractivity contribution in [2.75, 3.05) is 13.1 Å². The summed E-state index contributed by atoms with van der Waals surface area (Å²) in [6, 6.07) is 7.74. The summed E-state index contributed by atoms with van der Waals surface area (Å²) in [5.74, 6) is -0.0245. The lowest BCUT2D eigenvalue weighted by molar-refractivity contribution is -0.118. The molecule has 18 heavy (non-hydrogen) atoms. The first-order valence-electron chi connectivity index (χ1n) is 5.79. The van der Waals surface area contributed by atoms with Crippen LogP contribution in [0.5, 0.6) is 0 Å². The Morgan fingerprint density at radius 3 is 2.89 bits per heavy atom. The lowest BCUT2D eigenvalue weighted by atomic mass is 10.2. The van der Waals surface area contributed by atoms with E-state index in [-0.39, 0.29) is 5.91 Å². The van der Waals surface area contributed by atoms with Gasteiger partial charge in [-0.1, -0.05) is 18.2 Å². The highest BCUT2D eigenvalue weighted by atomic mass is 35.5. The van der Waals surface area contributed by atoms with Crippen LogP contribution in [-0.2, 0) is 11.3 Å². The fourth-order valence-electron chi connectivity index (χ4n) is 1.77. The van der Waals surface area contributed by atoms with E-state index in [9.17, 15) is 4.79 Å². The summed E-state index contributed by atoms with van der Waals surface area (Å²) < 4.78 is 5.45. The van der Waals surface area contributed by atoms with Crippen LogP contribution in [0.25, 0.3) is 11.0 Å². The van der Waals surface area contributed by atoms with Crippen LogP contribution >= 0.6 is 11.6 Å². The van der Waals surface area contributed by atoms with Crippen molar-refractivity contribution in [3.63, 3.8) is 0 Å². The standard InChI is InChI=1S/C13H15ClN2O2/c1-9(17)16-7-6-15-8-11-10-4-2-3-5-12(10)18-13(11)14/h2-5,15H,6-8H2,1H3,(H,16,17). The number of nitrogens with one attached hydrogen (secondary N) is 2. The van der Waals surface area contributed by atoms with Gasteiger partial charge < -0.3 is 15.1 Å². The average molecular weight is 267 g/mol. The summed E-state index contributed by atoms with van der Waals surface area (Å²) >= 11 is 6.05. The number of fused-ring (bicyclic) bond motifs is 1. The van der Waals surface area contributed by atoms with E-state index in [0.29, 0.717) is 24.9 Å². The second-order valence-corrected chi connectivity index (χ2v) is 4.35. The van der Waals surface area contributed by atoms with Crippen molar-refractivity contribution < 1.29 is 9.21 Å². The number of hydrogen-bond acceptors (Lipinski definition) is 3. The van der Waals surface area contributed by atoms with Crippen molar-refractivity contribution in [1.82, 2.24) is 10.6 Å². The number of carbonyl (C=O) groups is 1. The summed E-state index contributed by atoms with van der Waals surface area (Å²) in [4.78, 5) is 10.7. The molecule has 1 amide bonds. The van der Waals surface area contributed by atoms with Crippen molar-refractivity contribution in [3.05, 3.63) is 35.0 Å². The number of amides is 1. The van der Waals surface area contributed by atoms with Crippen molar-refractivity contribution in [2.45, 2.75) is 13.5 Å². The van der Waals surface area contributed by atoms with E-state index in [1.165, 1.54) is 6.92 Å². The molecular formula is C13H15ClN2O2. The molecule has 2 N–H and O–H groups in total. The first kappa shape index (κ1) is 12.9. The predicted octanol–water partition coefficient (Wildman–Crippen LogP) is 2.31. The zero-order valence-electron chi connectivity index (χ0n) is 10.1. The molecule has 0 fully saturated rings. The number of para-hydroxylation sites is 1. The summed E-state index contributed by atoms with van der Waals surface area (Å²) in [7, 11) is 0. The van der Waals surface area contributed by atoms with E-state index in [1.807, 2.05) is 24.3 Å². The molecule has 0 aliphatic rings. The van der Waals surface area contributed by atoms with Crippen LogP contribution in [0.1, 0.15) is 12.5 Å². The highest BCUT2D eigenvalue weighted by Crippen LogP contribution is 2.29. The molecule has 0 saturated carbocycles. The van der Waals surface area contributed by atoms with Crippen LogP contribution < -0.4 is 10.6 Å². The summed E-state index contributed by atoms with van der Waals surface area (Å²) in [6.07, 6.45) is 0. The zero-order valence-corrected chi connectivity index (χ0v) is 10.9. The fourth-order valence-corrected chi connectivity index (χ4v) is 2.03. The summed E-state index contributed by atoms with van der Waals surface area (Å²) in [5, 5.41) is 7.38. The van der Waals surface area contributed by atoms with E-state index >= 15 is 0 Å². The molecule has 1 aromatic heterocycles. The van der Waals surface area contributed by atoms with E-state index in [1.54, 1.807) is 0 Å². The highest BCUT2D eigenvalue weighted by molar-refractivity contribution is 6.30. The Morgan fingerprint density at radius 1 is 1.33 bits per heavy atom. The van der Waals surface area contributed by atoms with E-state index in [0.717, 1.165) is 16.5 Å². The maximum atomic E-state index is 10.7. The van der Waals surface area contributed by atoms with Gasteiger partial charge in [-0.25, -0.2) is 0 Å². The zero-order chi connectivity index (χ0) is 13.0. The van der Waals surface area contributed by atoms with Gasteiger partial charge in [-0.15, -0.1) is 0 Å². The van der Waals surface area contributed by atoms with Crippen molar-refractivity contribution >= 4 is 28.5 Å². The van der Waals surface area contributed by atoms with Gasteiger partial charge in [-0.05, 0) is 17.7 Å². The van der Waals surface area contributed by atoms with Gasteiger partial charge in [-0.2, -0.15) is 0 Å². The van der Waals surface area contributed by atoms with Crippen LogP contribution in [0.15, 0.2) is 28.7 Å². The normalized spacial score (nSPS) is 10.8. The number of halogens is 1. The van der Waals surface area contributed by atoms with Crippen LogP contribution in [0, 0.1) is 0 Å². The Morgan fingerprint density at radius 2 is 2.11 bits per heavy atom. The van der Waals surface area contributed by atoms with Gasteiger partial charge in [0.15, 0.2) is 5.22 Å². The van der Waals surface area contributed by atoms with E-state index in [2.05, 4.69) is 10.6 Å². The third-order valence-electron chi connectivity index (χ3n) is 2.63. The topological polar surface area (TPSA) is 54.3 Å². The van der Waals surface area contributed by atoms with Gasteiger partial charge in [0, 0.05) is 37.5 Å². The third-order valence-corrected chi connectivity index (χ3v) is 2.93. The summed E-state index contributed by atoms with van der Waals surface area (Å²) in [5.41, 5.74) is 1.75. The van der Waals surface area contributed by atoms with Crippen molar-refractivity contribution in [3.8, 4) is 0 Å². The molecule has 4 nitrogen and oxygen atoms in total. The molecule has 2 aromatic rings. The van der Waals surface area contributed by atoms with Gasteiger partial charge in [0.1, 0.15) is 5.58 Å². The predicted molar refractivity (Wildman–Crippen MR) is 71.6 cm³/mol. The quantitative estimate of drug-likeness (QED) is 0.817. The molecule has 0 saturated heterocycles. The van der Waals surface area contributed by atoms with Gasteiger partial charge in [0.25, 0.3) is 0 Å². The van der Waals surface area contributed by atoms with Crippen molar-refractivity contribution in [1.29, 1.82) is 0 Å². The second kappa shape index (κ2) is 5.89. The van der Waals surface area contributed by atoms with Crippen LogP contribution in [-0.4, -0.2) is 19.0 Å². The Balaban J connectivity index is 1.95. The number of carbonyl (C=O) groups excluding carboxylic acids is 1. The van der Waals surface area contributed by atoms with E-state index in [4.69, 9.17) is 16.0 Å². The molecule has 0 aliphatic carbocycles. The molecule has 0 radical (unpaired) electrons. The fraction of sp³-hybridized carbons (Fsp3) is 0.308. The molecule has 2 rings (SSSR count). The molecule has 1 aromatic carbocycles. The smallest absolute Gasteiger partial charge is 0.216 e. The van der Waals surface area contributed by atoms with Gasteiger partial charge in [0.05, 0.1) is 0 Å². The Bertz CT molecular complexity index is 551. The summed E-state index contributed by atoms with van der Waals surface area (Å²) in [6.45, 7) is 3.41. The maximum Gasteiger partial charge on any atom is 0.216 e. The molecule has 0 atom stereocenters. The van der Waals surface area contributed by atoms with Gasteiger partial charge >= 0.3 is 0 Å². The maximum absolute atomic E-state index is 10.7. The number of furan rings is 1. The molecule has 0 bridgehead atoms. The Kier molecular flexibility index (Phi) is 4.23. The minimum atomic E-state index is -0.0245.